The largest absolute Gasteiger partial charge is 0.309 e. The number of hydrogen-bond acceptors (Lipinski definition) is 0. The number of aromatic nitrogens is 2. The molecule has 0 fully saturated rings. The van der Waals surface area contributed by atoms with E-state index in [4.69, 9.17) is 0 Å². The Morgan fingerprint density at radius 3 is 0.784 bits per heavy atom. The Kier molecular flexibility index (Phi) is 12.9. The van der Waals surface area contributed by atoms with Gasteiger partial charge in [0, 0.05) is 32.9 Å². The van der Waals surface area contributed by atoms with Crippen molar-refractivity contribution in [1.29, 1.82) is 0 Å². The van der Waals surface area contributed by atoms with E-state index in [0.717, 1.165) is 44.8 Å². The standard InChI is InChI=1S/C100H64N2/c1-5-25-71(26-6-1)99(72-27-7-2-8-28-72)89-39-19-13-33-77(89)79-57-51-69(63-91(79)99)97-85-59-49-68(66-47-55-76(56-48-66)102-95-43-23-17-37-83(95)84-38-18-24-44-96(84)102)62-88(85)98(70-52-58-80-78-34-14-20-40-90(78)100(92(80)64-70,73-29-9-3-10-30-73)74-31-11-4-12-32-74)86-60-50-67(61-87(86)97)65-45-53-75(54-46-65)101-93-41-21-15-35-81(93)82-36-16-22-42-94(82)101/h1-64H. The van der Waals surface area contributed by atoms with Gasteiger partial charge in [0.15, 0.2) is 0 Å². The van der Waals surface area contributed by atoms with Crippen molar-refractivity contribution in [3.8, 4) is 78.1 Å². The molecule has 19 aromatic rings. The number of hydrogen-bond donors (Lipinski definition) is 0. The molecule has 2 aliphatic carbocycles. The highest BCUT2D eigenvalue weighted by atomic mass is 15.0. The van der Waals surface area contributed by atoms with E-state index in [-0.39, 0.29) is 0 Å². The van der Waals surface area contributed by atoms with Crippen molar-refractivity contribution < 1.29 is 0 Å². The molecular formula is C100H64N2. The highest BCUT2D eigenvalue weighted by Gasteiger charge is 2.48. The summed E-state index contributed by atoms with van der Waals surface area (Å²) in [5.41, 5.74) is 30.3. The van der Waals surface area contributed by atoms with Crippen LogP contribution < -0.4 is 0 Å². The Hall–Kier alpha value is -13.1. The molecule has 102 heavy (non-hydrogen) atoms. The minimum atomic E-state index is -0.607. The molecule has 2 nitrogen and oxygen atoms in total. The molecule has 0 amide bonds. The predicted octanol–water partition coefficient (Wildman–Crippen LogP) is 25.6. The minimum absolute atomic E-state index is 0.607. The lowest BCUT2D eigenvalue weighted by molar-refractivity contribution is 0.769. The molecule has 2 aromatic heterocycles. The molecule has 17 aromatic carbocycles. The lowest BCUT2D eigenvalue weighted by atomic mass is 9.67. The highest BCUT2D eigenvalue weighted by Crippen LogP contribution is 2.60. The lowest BCUT2D eigenvalue weighted by Crippen LogP contribution is -2.28. The van der Waals surface area contributed by atoms with E-state index in [9.17, 15) is 0 Å². The first-order valence-electron chi connectivity index (χ1n) is 35.5. The summed E-state index contributed by atoms with van der Waals surface area (Å²) in [7, 11) is 0. The van der Waals surface area contributed by atoms with Gasteiger partial charge in [-0.15, -0.1) is 0 Å². The smallest absolute Gasteiger partial charge is 0.0713 e. The summed E-state index contributed by atoms with van der Waals surface area (Å²) >= 11 is 0. The lowest BCUT2D eigenvalue weighted by Gasteiger charge is -2.34. The SMILES string of the molecule is c1ccc(C2(c3ccccc3)c3ccccc3-c3ccc(-c4c5ccc(-c6ccc(-n7c8ccccc8c8ccccc87)cc6)cc5c(-c5ccc6c(c5)C(c5ccccc5)(c5ccccc5)c5ccccc5-6)c5ccc(-c6ccc(-n7c8ccccc8c8ccccc87)cc6)cc45)cc32)cc1. The van der Waals surface area contributed by atoms with Gasteiger partial charge in [-0.05, 0) is 206 Å². The van der Waals surface area contributed by atoms with E-state index >= 15 is 0 Å². The monoisotopic (exact) mass is 1290 g/mol. The van der Waals surface area contributed by atoms with E-state index in [1.165, 1.54) is 143 Å². The van der Waals surface area contributed by atoms with Crippen molar-refractivity contribution in [2.24, 2.45) is 0 Å². The summed E-state index contributed by atoms with van der Waals surface area (Å²) < 4.78 is 4.83. The van der Waals surface area contributed by atoms with Gasteiger partial charge in [-0.25, -0.2) is 0 Å². The van der Waals surface area contributed by atoms with Crippen LogP contribution in [-0.4, -0.2) is 9.13 Å². The second-order valence-corrected chi connectivity index (χ2v) is 27.7. The molecule has 0 N–H and O–H groups in total. The Morgan fingerprint density at radius 1 is 0.167 bits per heavy atom. The molecule has 2 aliphatic rings. The van der Waals surface area contributed by atoms with Gasteiger partial charge in [0.05, 0.1) is 32.9 Å². The van der Waals surface area contributed by atoms with E-state index in [2.05, 4.69) is 397 Å². The summed E-state index contributed by atoms with van der Waals surface area (Å²) in [5, 5.41) is 9.75. The van der Waals surface area contributed by atoms with E-state index in [1.54, 1.807) is 0 Å². The van der Waals surface area contributed by atoms with E-state index in [0.29, 0.717) is 0 Å². The molecule has 0 atom stereocenters. The number of nitrogens with zero attached hydrogens (tertiary/aromatic N) is 2. The second kappa shape index (κ2) is 22.7. The normalized spacial score (nSPS) is 13.3. The van der Waals surface area contributed by atoms with Crippen molar-refractivity contribution in [3.63, 3.8) is 0 Å². The van der Waals surface area contributed by atoms with Gasteiger partial charge in [0.2, 0.25) is 0 Å². The predicted molar refractivity (Wildman–Crippen MR) is 426 cm³/mol. The minimum Gasteiger partial charge on any atom is -0.309 e. The van der Waals surface area contributed by atoms with Gasteiger partial charge < -0.3 is 9.13 Å². The molecule has 0 saturated carbocycles. The third kappa shape index (κ3) is 8.35. The molecular weight excluding hydrogens is 1230 g/mol. The average Bonchev–Trinajstić information content (AvgIpc) is 1.40. The number of para-hydroxylation sites is 4. The quantitative estimate of drug-likeness (QED) is 0.121. The Labute approximate surface area is 592 Å². The van der Waals surface area contributed by atoms with Crippen molar-refractivity contribution in [3.05, 3.63) is 433 Å². The zero-order chi connectivity index (χ0) is 67.0. The fraction of sp³-hybridized carbons (Fsp3) is 0.0200. The zero-order valence-corrected chi connectivity index (χ0v) is 55.8. The van der Waals surface area contributed by atoms with Gasteiger partial charge in [-0.2, -0.15) is 0 Å². The number of rotatable bonds is 10. The van der Waals surface area contributed by atoms with Crippen LogP contribution in [-0.2, 0) is 10.8 Å². The van der Waals surface area contributed by atoms with Crippen LogP contribution in [0.2, 0.25) is 0 Å². The summed E-state index contributed by atoms with van der Waals surface area (Å²) in [4.78, 5) is 0. The van der Waals surface area contributed by atoms with Gasteiger partial charge >= 0.3 is 0 Å². The van der Waals surface area contributed by atoms with E-state index in [1.807, 2.05) is 0 Å². The third-order valence-electron chi connectivity index (χ3n) is 22.7. The van der Waals surface area contributed by atoms with Crippen LogP contribution in [0.1, 0.15) is 44.5 Å². The number of fused-ring (bicyclic) bond motifs is 14. The van der Waals surface area contributed by atoms with Crippen molar-refractivity contribution in [2.45, 2.75) is 10.8 Å². The first-order chi connectivity index (χ1) is 50.6. The van der Waals surface area contributed by atoms with Crippen LogP contribution in [0.4, 0.5) is 0 Å². The Morgan fingerprint density at radius 2 is 0.441 bits per heavy atom. The number of benzene rings is 17. The highest BCUT2D eigenvalue weighted by molar-refractivity contribution is 6.23. The maximum absolute atomic E-state index is 2.57. The van der Waals surface area contributed by atoms with E-state index < -0.39 is 10.8 Å². The topological polar surface area (TPSA) is 9.86 Å². The van der Waals surface area contributed by atoms with Crippen LogP contribution in [0, 0.1) is 0 Å². The molecule has 2 heterocycles. The van der Waals surface area contributed by atoms with Crippen LogP contribution in [0.15, 0.2) is 388 Å². The molecule has 0 bridgehead atoms. The fourth-order valence-electron chi connectivity index (χ4n) is 18.4. The Balaban J connectivity index is 0.846. The van der Waals surface area contributed by atoms with Crippen LogP contribution in [0.25, 0.3) is 143 Å². The first kappa shape index (κ1) is 57.9. The zero-order valence-electron chi connectivity index (χ0n) is 55.8. The first-order valence-corrected chi connectivity index (χ1v) is 35.5. The van der Waals surface area contributed by atoms with Gasteiger partial charge in [-0.3, -0.25) is 0 Å². The summed E-state index contributed by atoms with van der Waals surface area (Å²) in [5.74, 6) is 0. The molecule has 474 valence electrons. The average molecular weight is 1290 g/mol. The van der Waals surface area contributed by atoms with Crippen LogP contribution >= 0.6 is 0 Å². The Bertz CT molecular complexity index is 5990. The summed E-state index contributed by atoms with van der Waals surface area (Å²) in [6.45, 7) is 0. The molecule has 21 rings (SSSR count). The van der Waals surface area contributed by atoms with Gasteiger partial charge in [0.25, 0.3) is 0 Å². The summed E-state index contributed by atoms with van der Waals surface area (Å²) in [6, 6.07) is 146. The second-order valence-electron chi connectivity index (χ2n) is 27.7. The molecule has 0 spiro atoms. The third-order valence-corrected chi connectivity index (χ3v) is 22.7. The maximum Gasteiger partial charge on any atom is 0.0713 e. The molecule has 2 heteroatoms. The molecule has 0 saturated heterocycles. The van der Waals surface area contributed by atoms with Gasteiger partial charge in [-0.1, -0.05) is 315 Å². The van der Waals surface area contributed by atoms with Crippen LogP contribution in [0.5, 0.6) is 0 Å². The van der Waals surface area contributed by atoms with Crippen molar-refractivity contribution in [1.82, 2.24) is 9.13 Å². The fourth-order valence-corrected chi connectivity index (χ4v) is 18.4. The molecule has 0 unspecified atom stereocenters. The summed E-state index contributed by atoms with van der Waals surface area (Å²) in [6.07, 6.45) is 0. The van der Waals surface area contributed by atoms with Crippen molar-refractivity contribution >= 4 is 65.2 Å². The maximum atomic E-state index is 2.57. The van der Waals surface area contributed by atoms with Crippen molar-refractivity contribution in [2.75, 3.05) is 0 Å². The van der Waals surface area contributed by atoms with Crippen LogP contribution in [0.3, 0.4) is 0 Å². The van der Waals surface area contributed by atoms with Gasteiger partial charge in [0.1, 0.15) is 0 Å². The molecule has 0 aliphatic heterocycles. The molecule has 0 radical (unpaired) electrons.